The van der Waals surface area contributed by atoms with Crippen LogP contribution >= 0.6 is 0 Å². The Hall–Kier alpha value is -2.13. The first-order chi connectivity index (χ1) is 14.6. The molecule has 0 aromatic heterocycles. The van der Waals surface area contributed by atoms with Gasteiger partial charge in [-0.2, -0.15) is 0 Å². The van der Waals surface area contributed by atoms with E-state index in [2.05, 4.69) is 6.58 Å². The number of amides is 2. The maximum absolute atomic E-state index is 13.5. The molecule has 0 N–H and O–H groups in total. The molecular weight excluding hydrogens is 404 g/mol. The summed E-state index contributed by atoms with van der Waals surface area (Å²) in [6, 6.07) is -1.58. The number of methoxy groups -OCH3 is 1. The number of likely N-dealkylation sites (tertiary alicyclic amines) is 1. The van der Waals surface area contributed by atoms with Crippen LogP contribution in [-0.4, -0.2) is 85.2 Å². The Bertz CT molecular complexity index is 611. The van der Waals surface area contributed by atoms with Crippen LogP contribution in [0.5, 0.6) is 0 Å². The van der Waals surface area contributed by atoms with Gasteiger partial charge in [0.15, 0.2) is 6.29 Å². The Kier molecular flexibility index (Phi) is 11.0. The predicted octanol–water partition coefficient (Wildman–Crippen LogP) is 2.73. The number of ether oxygens (including phenoxy) is 4. The van der Waals surface area contributed by atoms with Crippen molar-refractivity contribution in [3.8, 4) is 0 Å². The van der Waals surface area contributed by atoms with E-state index in [-0.39, 0.29) is 18.9 Å². The van der Waals surface area contributed by atoms with Crippen molar-refractivity contribution in [1.29, 1.82) is 0 Å². The van der Waals surface area contributed by atoms with Crippen LogP contribution in [0.4, 0.5) is 4.79 Å². The molecule has 0 aromatic rings. The lowest BCUT2D eigenvalue weighted by Gasteiger charge is -2.36. The molecule has 1 heterocycles. The van der Waals surface area contributed by atoms with Gasteiger partial charge in [0.05, 0.1) is 13.7 Å². The van der Waals surface area contributed by atoms with Gasteiger partial charge in [-0.05, 0) is 53.9 Å². The molecule has 2 atom stereocenters. The minimum atomic E-state index is -0.916. The highest BCUT2D eigenvalue weighted by molar-refractivity contribution is 5.90. The van der Waals surface area contributed by atoms with Crippen molar-refractivity contribution in [2.75, 3.05) is 33.4 Å². The maximum atomic E-state index is 13.5. The number of hydrogen-bond donors (Lipinski definition) is 0. The van der Waals surface area contributed by atoms with Crippen molar-refractivity contribution in [3.05, 3.63) is 12.7 Å². The van der Waals surface area contributed by atoms with E-state index >= 15 is 0 Å². The van der Waals surface area contributed by atoms with Crippen LogP contribution in [-0.2, 0) is 28.5 Å². The van der Waals surface area contributed by atoms with Crippen molar-refractivity contribution in [3.63, 3.8) is 0 Å². The number of hydrogen-bond acceptors (Lipinski definition) is 7. The molecule has 0 bridgehead atoms. The van der Waals surface area contributed by atoms with E-state index in [0.29, 0.717) is 32.6 Å². The number of carbonyl (C=O) groups is 3. The van der Waals surface area contributed by atoms with Crippen molar-refractivity contribution in [1.82, 2.24) is 9.80 Å². The van der Waals surface area contributed by atoms with Gasteiger partial charge in [-0.15, -0.1) is 6.58 Å². The molecule has 0 saturated carbocycles. The lowest BCUT2D eigenvalue weighted by Crippen LogP contribution is -2.56. The molecular formula is C22H38N2O7. The highest BCUT2D eigenvalue weighted by Gasteiger charge is 2.42. The Morgan fingerprint density at radius 3 is 2.29 bits per heavy atom. The van der Waals surface area contributed by atoms with Gasteiger partial charge in [0.25, 0.3) is 0 Å². The van der Waals surface area contributed by atoms with Crippen LogP contribution in [0.1, 0.15) is 53.9 Å². The molecule has 31 heavy (non-hydrogen) atoms. The average Bonchev–Trinajstić information content (AvgIpc) is 3.18. The molecule has 9 heteroatoms. The van der Waals surface area contributed by atoms with Crippen molar-refractivity contribution in [2.24, 2.45) is 0 Å². The van der Waals surface area contributed by atoms with Crippen LogP contribution in [0.2, 0.25) is 0 Å². The van der Waals surface area contributed by atoms with Crippen LogP contribution < -0.4 is 0 Å². The van der Waals surface area contributed by atoms with Gasteiger partial charge in [-0.25, -0.2) is 9.59 Å². The predicted molar refractivity (Wildman–Crippen MR) is 115 cm³/mol. The molecule has 1 fully saturated rings. The normalized spacial score (nSPS) is 17.4. The summed E-state index contributed by atoms with van der Waals surface area (Å²) in [6.45, 7) is 13.8. The zero-order valence-electron chi connectivity index (χ0n) is 19.7. The monoisotopic (exact) mass is 442 g/mol. The van der Waals surface area contributed by atoms with E-state index in [1.807, 2.05) is 13.8 Å². The van der Waals surface area contributed by atoms with Crippen molar-refractivity contribution < 1.29 is 33.3 Å². The summed E-state index contributed by atoms with van der Waals surface area (Å²) in [5.74, 6) is -0.820. The molecule has 0 aromatic carbocycles. The highest BCUT2D eigenvalue weighted by Crippen LogP contribution is 2.24. The third-order valence-electron chi connectivity index (χ3n) is 4.74. The molecule has 1 aliphatic rings. The first-order valence-corrected chi connectivity index (χ1v) is 10.8. The van der Waals surface area contributed by atoms with Gasteiger partial charge in [0, 0.05) is 19.8 Å². The molecule has 0 spiro atoms. The summed E-state index contributed by atoms with van der Waals surface area (Å²) in [5.41, 5.74) is -0.758. The van der Waals surface area contributed by atoms with Crippen LogP contribution in [0.15, 0.2) is 12.7 Å². The van der Waals surface area contributed by atoms with Crippen LogP contribution in [0.3, 0.4) is 0 Å². The molecule has 1 rings (SSSR count). The van der Waals surface area contributed by atoms with Gasteiger partial charge in [0.1, 0.15) is 17.7 Å². The molecule has 178 valence electrons. The topological polar surface area (TPSA) is 94.6 Å². The van der Waals surface area contributed by atoms with E-state index < -0.39 is 36.0 Å². The lowest BCUT2D eigenvalue weighted by atomic mass is 10.1. The van der Waals surface area contributed by atoms with Crippen LogP contribution in [0, 0.1) is 0 Å². The van der Waals surface area contributed by atoms with E-state index in [9.17, 15) is 14.4 Å². The fraction of sp³-hybridized carbons (Fsp3) is 0.773. The summed E-state index contributed by atoms with van der Waals surface area (Å²) in [6.07, 6.45) is 1.57. The second-order valence-electron chi connectivity index (χ2n) is 8.23. The Balaban J connectivity index is 3.26. The zero-order valence-corrected chi connectivity index (χ0v) is 19.7. The zero-order chi connectivity index (χ0) is 23.6. The summed E-state index contributed by atoms with van der Waals surface area (Å²) < 4.78 is 21.6. The summed E-state index contributed by atoms with van der Waals surface area (Å²) in [4.78, 5) is 41.6. The van der Waals surface area contributed by atoms with Gasteiger partial charge >= 0.3 is 12.1 Å². The molecule has 0 radical (unpaired) electrons. The standard InChI is InChI=1S/C22H38N2O7/c1-8-12-16(19(25)23-14-11-13-17(23)20(26)28-7)24(21(27)31-22(4,5)6)15-18(29-9-2)30-10-3/h8,16-18H,1,9-15H2,2-7H3/t16-,17+/m1/s1. The highest BCUT2D eigenvalue weighted by atomic mass is 16.7. The lowest BCUT2D eigenvalue weighted by molar-refractivity contribution is -0.159. The van der Waals surface area contributed by atoms with E-state index in [1.54, 1.807) is 26.8 Å². The maximum Gasteiger partial charge on any atom is 0.411 e. The quantitative estimate of drug-likeness (QED) is 0.276. The van der Waals surface area contributed by atoms with E-state index in [0.717, 1.165) is 0 Å². The summed E-state index contributed by atoms with van der Waals surface area (Å²) in [5, 5.41) is 0. The minimum absolute atomic E-state index is 0.00241. The van der Waals surface area contributed by atoms with Crippen molar-refractivity contribution in [2.45, 2.75) is 77.9 Å². The number of nitrogens with zero attached hydrogens (tertiary/aromatic N) is 2. The Morgan fingerprint density at radius 1 is 1.19 bits per heavy atom. The molecule has 1 saturated heterocycles. The SMILES string of the molecule is C=CC[C@H](C(=O)N1CCC[C@H]1C(=O)OC)N(CC(OCC)OCC)C(=O)OC(C)(C)C. The fourth-order valence-corrected chi connectivity index (χ4v) is 3.46. The fourth-order valence-electron chi connectivity index (χ4n) is 3.46. The second-order valence-corrected chi connectivity index (χ2v) is 8.23. The van der Waals surface area contributed by atoms with E-state index in [1.165, 1.54) is 16.9 Å². The molecule has 9 nitrogen and oxygen atoms in total. The Morgan fingerprint density at radius 2 is 1.81 bits per heavy atom. The summed E-state index contributed by atoms with van der Waals surface area (Å²) in [7, 11) is 1.30. The third kappa shape index (κ3) is 8.14. The number of carbonyl (C=O) groups excluding carboxylic acids is 3. The van der Waals surface area contributed by atoms with Gasteiger partial charge < -0.3 is 23.8 Å². The van der Waals surface area contributed by atoms with Gasteiger partial charge in [-0.3, -0.25) is 9.69 Å². The van der Waals surface area contributed by atoms with Gasteiger partial charge in [-0.1, -0.05) is 6.08 Å². The first-order valence-electron chi connectivity index (χ1n) is 10.8. The Labute approximate surface area is 185 Å². The number of rotatable bonds is 11. The average molecular weight is 443 g/mol. The molecule has 1 aliphatic heterocycles. The minimum Gasteiger partial charge on any atom is -0.467 e. The third-order valence-corrected chi connectivity index (χ3v) is 4.74. The van der Waals surface area contributed by atoms with Crippen molar-refractivity contribution >= 4 is 18.0 Å². The van der Waals surface area contributed by atoms with Crippen LogP contribution in [0.25, 0.3) is 0 Å². The summed E-state index contributed by atoms with van der Waals surface area (Å²) >= 11 is 0. The smallest absolute Gasteiger partial charge is 0.411 e. The largest absolute Gasteiger partial charge is 0.467 e. The first kappa shape index (κ1) is 26.9. The van der Waals surface area contributed by atoms with Gasteiger partial charge in [0.2, 0.25) is 5.91 Å². The molecule has 0 aliphatic carbocycles. The number of esters is 1. The van der Waals surface area contributed by atoms with E-state index in [4.69, 9.17) is 18.9 Å². The molecule has 0 unspecified atom stereocenters. The second kappa shape index (κ2) is 12.7. The molecule has 2 amide bonds.